The van der Waals surface area contributed by atoms with Crippen LogP contribution in [-0.2, 0) is 11.2 Å². The van der Waals surface area contributed by atoms with Crippen LogP contribution in [0, 0.1) is 16.7 Å². The second-order valence-electron chi connectivity index (χ2n) is 7.35. The SMILES string of the molecule is N#Cc1ccc2c(c1)CCCC2Nc1ccc(N)c(C(=N)C2=CCOCC2)c1. The molecule has 142 valence electrons. The second kappa shape index (κ2) is 7.87. The van der Waals surface area contributed by atoms with Gasteiger partial charge in [-0.2, -0.15) is 5.26 Å². The molecule has 0 amide bonds. The molecular weight excluding hydrogens is 348 g/mol. The van der Waals surface area contributed by atoms with E-state index in [-0.39, 0.29) is 6.04 Å². The van der Waals surface area contributed by atoms with Gasteiger partial charge in [-0.15, -0.1) is 0 Å². The molecule has 0 fully saturated rings. The molecule has 2 aliphatic rings. The van der Waals surface area contributed by atoms with Crippen LogP contribution in [0.1, 0.15) is 47.6 Å². The number of nitrogens with zero attached hydrogens (tertiary/aromatic N) is 1. The van der Waals surface area contributed by atoms with Crippen LogP contribution in [-0.4, -0.2) is 18.9 Å². The number of hydrogen-bond acceptors (Lipinski definition) is 5. The highest BCUT2D eigenvalue weighted by Crippen LogP contribution is 2.34. The van der Waals surface area contributed by atoms with Gasteiger partial charge in [0.2, 0.25) is 0 Å². The summed E-state index contributed by atoms with van der Waals surface area (Å²) in [4.78, 5) is 0. The topological polar surface area (TPSA) is 94.9 Å². The molecule has 1 heterocycles. The summed E-state index contributed by atoms with van der Waals surface area (Å²) in [5.74, 6) is 0. The highest BCUT2D eigenvalue weighted by atomic mass is 16.5. The fraction of sp³-hybridized carbons (Fsp3) is 0.304. The molecule has 0 spiro atoms. The largest absolute Gasteiger partial charge is 0.398 e. The van der Waals surface area contributed by atoms with E-state index >= 15 is 0 Å². The summed E-state index contributed by atoms with van der Waals surface area (Å²) in [5.41, 5.74) is 13.2. The lowest BCUT2D eigenvalue weighted by molar-refractivity contribution is 0.156. The average Bonchev–Trinajstić information content (AvgIpc) is 2.75. The van der Waals surface area contributed by atoms with Crippen molar-refractivity contribution >= 4 is 17.1 Å². The Labute approximate surface area is 165 Å². The van der Waals surface area contributed by atoms with E-state index in [0.717, 1.165) is 42.5 Å². The van der Waals surface area contributed by atoms with Crippen molar-refractivity contribution in [2.75, 3.05) is 24.3 Å². The van der Waals surface area contributed by atoms with Gasteiger partial charge in [0, 0.05) is 16.9 Å². The van der Waals surface area contributed by atoms with Crippen LogP contribution in [0.4, 0.5) is 11.4 Å². The van der Waals surface area contributed by atoms with E-state index in [1.807, 2.05) is 36.4 Å². The maximum absolute atomic E-state index is 9.15. The number of hydrogen-bond donors (Lipinski definition) is 3. The van der Waals surface area contributed by atoms with Crippen molar-refractivity contribution in [2.45, 2.75) is 31.7 Å². The minimum Gasteiger partial charge on any atom is -0.398 e. The zero-order chi connectivity index (χ0) is 19.5. The number of rotatable bonds is 4. The minimum atomic E-state index is 0.199. The summed E-state index contributed by atoms with van der Waals surface area (Å²) in [6, 6.07) is 14.2. The molecule has 2 aromatic rings. The molecule has 0 aromatic heterocycles. The van der Waals surface area contributed by atoms with Crippen LogP contribution >= 0.6 is 0 Å². The zero-order valence-electron chi connectivity index (χ0n) is 15.8. The van der Waals surface area contributed by atoms with Crippen molar-refractivity contribution in [1.29, 1.82) is 10.7 Å². The first-order chi connectivity index (χ1) is 13.7. The lowest BCUT2D eigenvalue weighted by atomic mass is 9.86. The van der Waals surface area contributed by atoms with Crippen molar-refractivity contribution in [3.8, 4) is 6.07 Å². The van der Waals surface area contributed by atoms with Crippen molar-refractivity contribution in [3.63, 3.8) is 0 Å². The molecule has 1 aliphatic heterocycles. The Kier molecular flexibility index (Phi) is 5.14. The molecule has 0 saturated carbocycles. The highest BCUT2D eigenvalue weighted by Gasteiger charge is 2.21. The summed E-state index contributed by atoms with van der Waals surface area (Å²) in [6.45, 7) is 1.20. The Morgan fingerprint density at radius 3 is 2.89 bits per heavy atom. The molecule has 4 rings (SSSR count). The van der Waals surface area contributed by atoms with E-state index < -0.39 is 0 Å². The van der Waals surface area contributed by atoms with Gasteiger partial charge < -0.3 is 15.8 Å². The molecule has 1 aliphatic carbocycles. The number of nitrogens with two attached hydrogens (primary N) is 1. The minimum absolute atomic E-state index is 0.199. The zero-order valence-corrected chi connectivity index (χ0v) is 15.8. The van der Waals surface area contributed by atoms with Crippen molar-refractivity contribution < 1.29 is 4.74 Å². The maximum atomic E-state index is 9.15. The van der Waals surface area contributed by atoms with Gasteiger partial charge in [0.15, 0.2) is 0 Å². The van der Waals surface area contributed by atoms with Crippen LogP contribution in [0.5, 0.6) is 0 Å². The van der Waals surface area contributed by atoms with Crippen molar-refractivity contribution in [2.24, 2.45) is 0 Å². The van der Waals surface area contributed by atoms with Gasteiger partial charge in [0.1, 0.15) is 0 Å². The Balaban J connectivity index is 1.59. The van der Waals surface area contributed by atoms with Crippen LogP contribution in [0.3, 0.4) is 0 Å². The normalized spacial score (nSPS) is 18.5. The number of fused-ring (bicyclic) bond motifs is 1. The Morgan fingerprint density at radius 1 is 1.21 bits per heavy atom. The Bertz CT molecular complexity index is 987. The van der Waals surface area contributed by atoms with Gasteiger partial charge >= 0.3 is 0 Å². The summed E-state index contributed by atoms with van der Waals surface area (Å²) in [5, 5.41) is 21.3. The van der Waals surface area contributed by atoms with Crippen LogP contribution in [0.2, 0.25) is 0 Å². The van der Waals surface area contributed by atoms with E-state index in [1.54, 1.807) is 0 Å². The van der Waals surface area contributed by atoms with Gasteiger partial charge in [-0.25, -0.2) is 0 Å². The quantitative estimate of drug-likeness (QED) is 0.549. The summed E-state index contributed by atoms with van der Waals surface area (Å²) in [7, 11) is 0. The predicted octanol–water partition coefficient (Wildman–Crippen LogP) is 4.34. The van der Waals surface area contributed by atoms with Gasteiger partial charge in [-0.3, -0.25) is 5.41 Å². The number of nitriles is 1. The number of nitrogen functional groups attached to an aromatic ring is 1. The second-order valence-corrected chi connectivity index (χ2v) is 7.35. The number of benzene rings is 2. The summed E-state index contributed by atoms with van der Waals surface area (Å²) in [6.07, 6.45) is 5.85. The lowest BCUT2D eigenvalue weighted by Gasteiger charge is -2.28. The van der Waals surface area contributed by atoms with Crippen LogP contribution in [0.15, 0.2) is 48.0 Å². The Morgan fingerprint density at radius 2 is 2.11 bits per heavy atom. The first-order valence-electron chi connectivity index (χ1n) is 9.71. The number of nitrogens with one attached hydrogen (secondary N) is 2. The fourth-order valence-corrected chi connectivity index (χ4v) is 4.02. The fourth-order valence-electron chi connectivity index (χ4n) is 4.02. The van der Waals surface area contributed by atoms with Gasteiger partial charge in [0.05, 0.1) is 36.6 Å². The first-order valence-corrected chi connectivity index (χ1v) is 9.71. The van der Waals surface area contributed by atoms with Crippen LogP contribution < -0.4 is 11.1 Å². The van der Waals surface area contributed by atoms with E-state index in [4.69, 9.17) is 21.1 Å². The van der Waals surface area contributed by atoms with E-state index in [2.05, 4.69) is 17.5 Å². The molecule has 5 heteroatoms. The van der Waals surface area contributed by atoms with Gasteiger partial charge in [-0.1, -0.05) is 12.1 Å². The van der Waals surface area contributed by atoms with E-state index in [9.17, 15) is 0 Å². The number of anilines is 2. The molecule has 0 radical (unpaired) electrons. The molecule has 1 unspecified atom stereocenters. The lowest BCUT2D eigenvalue weighted by Crippen LogP contribution is -2.18. The smallest absolute Gasteiger partial charge is 0.0991 e. The third kappa shape index (κ3) is 3.64. The highest BCUT2D eigenvalue weighted by molar-refractivity contribution is 6.14. The molecule has 28 heavy (non-hydrogen) atoms. The average molecular weight is 372 g/mol. The summed E-state index contributed by atoms with van der Waals surface area (Å²) < 4.78 is 5.35. The van der Waals surface area contributed by atoms with Gasteiger partial charge in [-0.05, 0) is 72.7 Å². The first kappa shape index (κ1) is 18.3. The van der Waals surface area contributed by atoms with Crippen LogP contribution in [0.25, 0.3) is 0 Å². The van der Waals surface area contributed by atoms with E-state index in [1.165, 1.54) is 11.1 Å². The van der Waals surface area contributed by atoms with Crippen molar-refractivity contribution in [3.05, 3.63) is 70.3 Å². The molecule has 0 saturated heterocycles. The van der Waals surface area contributed by atoms with Gasteiger partial charge in [0.25, 0.3) is 0 Å². The third-order valence-corrected chi connectivity index (χ3v) is 5.53. The molecule has 5 nitrogen and oxygen atoms in total. The monoisotopic (exact) mass is 372 g/mol. The predicted molar refractivity (Wildman–Crippen MR) is 112 cm³/mol. The Hall–Kier alpha value is -3.10. The molecule has 4 N–H and O–H groups in total. The summed E-state index contributed by atoms with van der Waals surface area (Å²) >= 11 is 0. The maximum Gasteiger partial charge on any atom is 0.0991 e. The molecule has 2 aromatic carbocycles. The molecular formula is C23H24N4O. The standard InChI is InChI=1S/C23H24N4O/c24-14-15-4-6-19-17(12-15)2-1-3-22(19)27-18-5-7-21(25)20(13-18)23(26)16-8-10-28-11-9-16/h4-8,12-13,22,26-27H,1-3,9-11,25H2. The van der Waals surface area contributed by atoms with Crippen molar-refractivity contribution in [1.82, 2.24) is 0 Å². The third-order valence-electron chi connectivity index (χ3n) is 5.53. The number of ether oxygens (including phenoxy) is 1. The van der Waals surface area contributed by atoms with E-state index in [0.29, 0.717) is 30.2 Å². The number of aryl methyl sites for hydroxylation is 1. The molecule has 1 atom stereocenters. The molecule has 0 bridgehead atoms.